The molecule has 1 fully saturated rings. The molecule has 0 spiro atoms. The molecule has 1 aromatic heterocycles. The third-order valence-corrected chi connectivity index (χ3v) is 4.16. The van der Waals surface area contributed by atoms with Gasteiger partial charge in [-0.05, 0) is 32.8 Å². The number of rotatable bonds is 5. The minimum absolute atomic E-state index is 0.0476. The Hall–Kier alpha value is -2.85. The predicted molar refractivity (Wildman–Crippen MR) is 83.9 cm³/mol. The van der Waals surface area contributed by atoms with Crippen molar-refractivity contribution in [2.45, 2.75) is 45.0 Å². The molecule has 1 N–H and O–H groups in total. The first-order valence-corrected chi connectivity index (χ1v) is 7.99. The second kappa shape index (κ2) is 6.39. The number of halogens is 4. The van der Waals surface area contributed by atoms with Gasteiger partial charge in [0.05, 0.1) is 0 Å². The number of benzene rings is 1. The van der Waals surface area contributed by atoms with Crippen molar-refractivity contribution < 1.29 is 32.2 Å². The van der Waals surface area contributed by atoms with Gasteiger partial charge in [0.1, 0.15) is 28.6 Å². The fourth-order valence-corrected chi connectivity index (χ4v) is 2.61. The van der Waals surface area contributed by atoms with Crippen LogP contribution < -0.4 is 10.4 Å². The van der Waals surface area contributed by atoms with Crippen LogP contribution in [0.3, 0.4) is 0 Å². The Kier molecular flexibility index (Phi) is 4.48. The average molecular weight is 389 g/mol. The molecule has 1 unspecified atom stereocenters. The Morgan fingerprint density at radius 2 is 2.00 bits per heavy atom. The van der Waals surface area contributed by atoms with E-state index in [4.69, 9.17) is 9.84 Å². The monoisotopic (exact) mass is 389 g/mol. The standard InChI is InChI=1S/C16H15F4N3O4/c1-7(16(18,19)20)27-13-6-12(11(17)5-10(13)14(24)25)23-15(26)22(8(2)21-23)9-3-4-9/h5-7,9H,3-4H2,1-2H3,(H,24,25). The summed E-state index contributed by atoms with van der Waals surface area (Å²) in [4.78, 5) is 23.8. The Balaban J connectivity index is 2.12. The van der Waals surface area contributed by atoms with Crippen molar-refractivity contribution in [3.05, 3.63) is 39.8 Å². The number of carbonyl (C=O) groups is 1. The highest BCUT2D eigenvalue weighted by molar-refractivity contribution is 5.91. The van der Waals surface area contributed by atoms with Crippen LogP contribution in [0.1, 0.15) is 42.0 Å². The van der Waals surface area contributed by atoms with E-state index in [0.29, 0.717) is 23.5 Å². The fourth-order valence-electron chi connectivity index (χ4n) is 2.61. The lowest BCUT2D eigenvalue weighted by Gasteiger charge is -2.19. The first-order valence-electron chi connectivity index (χ1n) is 7.99. The van der Waals surface area contributed by atoms with Crippen molar-refractivity contribution in [2.75, 3.05) is 0 Å². The highest BCUT2D eigenvalue weighted by Crippen LogP contribution is 2.35. The maximum absolute atomic E-state index is 14.4. The molecular weight excluding hydrogens is 374 g/mol. The molecule has 1 aliphatic carbocycles. The molecule has 3 rings (SSSR count). The van der Waals surface area contributed by atoms with Gasteiger partial charge in [0.15, 0.2) is 6.10 Å². The topological polar surface area (TPSA) is 86.4 Å². The molecule has 0 amide bonds. The molecule has 146 valence electrons. The van der Waals surface area contributed by atoms with Crippen LogP contribution in [0.5, 0.6) is 5.75 Å². The number of carboxylic acid groups (broad SMARTS) is 1. The molecule has 1 atom stereocenters. The summed E-state index contributed by atoms with van der Waals surface area (Å²) in [6, 6.07) is 1.20. The molecule has 1 heterocycles. The van der Waals surface area contributed by atoms with Gasteiger partial charge < -0.3 is 9.84 Å². The van der Waals surface area contributed by atoms with Crippen LogP contribution in [0, 0.1) is 12.7 Å². The normalized spacial score (nSPS) is 15.6. The van der Waals surface area contributed by atoms with Crippen LogP contribution in [0.4, 0.5) is 17.6 Å². The zero-order chi connectivity index (χ0) is 20.1. The highest BCUT2D eigenvalue weighted by atomic mass is 19.4. The number of aryl methyl sites for hydroxylation is 1. The first kappa shape index (κ1) is 18.9. The van der Waals surface area contributed by atoms with Crippen molar-refractivity contribution >= 4 is 5.97 Å². The second-order valence-electron chi connectivity index (χ2n) is 6.25. The first-order chi connectivity index (χ1) is 12.5. The third-order valence-electron chi connectivity index (χ3n) is 4.16. The van der Waals surface area contributed by atoms with Gasteiger partial charge in [0.2, 0.25) is 0 Å². The summed E-state index contributed by atoms with van der Waals surface area (Å²) in [5, 5.41) is 13.1. The Bertz CT molecular complexity index is 960. The number of ether oxygens (including phenoxy) is 1. The maximum Gasteiger partial charge on any atom is 0.425 e. The van der Waals surface area contributed by atoms with Gasteiger partial charge in [0, 0.05) is 12.1 Å². The zero-order valence-electron chi connectivity index (χ0n) is 14.2. The third kappa shape index (κ3) is 3.53. The van der Waals surface area contributed by atoms with Crippen molar-refractivity contribution in [1.82, 2.24) is 14.3 Å². The molecule has 0 bridgehead atoms. The van der Waals surface area contributed by atoms with E-state index >= 15 is 0 Å². The Morgan fingerprint density at radius 3 is 2.52 bits per heavy atom. The number of aromatic carboxylic acids is 1. The summed E-state index contributed by atoms with van der Waals surface area (Å²) in [6.07, 6.45) is -5.56. The van der Waals surface area contributed by atoms with Gasteiger partial charge in [-0.3, -0.25) is 4.57 Å². The number of nitrogens with zero attached hydrogens (tertiary/aromatic N) is 3. The molecule has 1 aromatic carbocycles. The largest absolute Gasteiger partial charge is 0.480 e. The van der Waals surface area contributed by atoms with E-state index < -0.39 is 46.8 Å². The van der Waals surface area contributed by atoms with Crippen molar-refractivity contribution in [3.63, 3.8) is 0 Å². The molecular formula is C16H15F4N3O4. The van der Waals surface area contributed by atoms with E-state index in [-0.39, 0.29) is 6.04 Å². The molecule has 0 radical (unpaired) electrons. The van der Waals surface area contributed by atoms with Crippen molar-refractivity contribution in [2.24, 2.45) is 0 Å². The number of hydrogen-bond donors (Lipinski definition) is 1. The summed E-state index contributed by atoms with van der Waals surface area (Å²) >= 11 is 0. The van der Waals surface area contributed by atoms with Crippen LogP contribution in [-0.4, -0.2) is 37.7 Å². The Morgan fingerprint density at radius 1 is 1.37 bits per heavy atom. The number of aromatic nitrogens is 3. The molecule has 1 aliphatic rings. The second-order valence-corrected chi connectivity index (χ2v) is 6.25. The molecule has 11 heteroatoms. The van der Waals surface area contributed by atoms with Gasteiger partial charge in [-0.2, -0.15) is 23.0 Å². The van der Waals surface area contributed by atoms with E-state index in [0.717, 1.165) is 18.9 Å². The zero-order valence-corrected chi connectivity index (χ0v) is 14.2. The van der Waals surface area contributed by atoms with Crippen LogP contribution in [0.15, 0.2) is 16.9 Å². The Labute approximate surface area is 149 Å². The van der Waals surface area contributed by atoms with Crippen LogP contribution in [0.25, 0.3) is 5.69 Å². The fraction of sp³-hybridized carbons (Fsp3) is 0.438. The van der Waals surface area contributed by atoms with Gasteiger partial charge >= 0.3 is 17.8 Å². The van der Waals surface area contributed by atoms with E-state index in [9.17, 15) is 27.2 Å². The highest BCUT2D eigenvalue weighted by Gasteiger charge is 2.39. The van der Waals surface area contributed by atoms with E-state index in [1.807, 2.05) is 0 Å². The predicted octanol–water partition coefficient (Wildman–Crippen LogP) is 2.84. The smallest absolute Gasteiger partial charge is 0.425 e. The summed E-state index contributed by atoms with van der Waals surface area (Å²) < 4.78 is 59.5. The van der Waals surface area contributed by atoms with Gasteiger partial charge in [-0.25, -0.2) is 14.0 Å². The minimum Gasteiger partial charge on any atom is -0.480 e. The van der Waals surface area contributed by atoms with Crippen LogP contribution >= 0.6 is 0 Å². The lowest BCUT2D eigenvalue weighted by molar-refractivity contribution is -0.189. The van der Waals surface area contributed by atoms with Crippen LogP contribution in [0.2, 0.25) is 0 Å². The van der Waals surface area contributed by atoms with Gasteiger partial charge in [-0.1, -0.05) is 0 Å². The average Bonchev–Trinajstić information content (AvgIpc) is 3.33. The number of alkyl halides is 3. The maximum atomic E-state index is 14.4. The summed E-state index contributed by atoms with van der Waals surface area (Å²) in [5.41, 5.74) is -1.94. The number of carboxylic acids is 1. The van der Waals surface area contributed by atoms with Crippen molar-refractivity contribution in [3.8, 4) is 11.4 Å². The van der Waals surface area contributed by atoms with Crippen LogP contribution in [-0.2, 0) is 0 Å². The summed E-state index contributed by atoms with van der Waals surface area (Å²) in [6.45, 7) is 2.23. The van der Waals surface area contributed by atoms with Gasteiger partial charge in [-0.15, -0.1) is 0 Å². The summed E-state index contributed by atoms with van der Waals surface area (Å²) in [7, 11) is 0. The number of hydrogen-bond acceptors (Lipinski definition) is 4. The molecule has 7 nitrogen and oxygen atoms in total. The minimum atomic E-state index is -4.76. The van der Waals surface area contributed by atoms with E-state index in [1.54, 1.807) is 6.92 Å². The lowest BCUT2D eigenvalue weighted by Crippen LogP contribution is -2.32. The molecule has 0 saturated heterocycles. The molecule has 1 saturated carbocycles. The summed E-state index contributed by atoms with van der Waals surface area (Å²) in [5.74, 6) is -3.19. The van der Waals surface area contributed by atoms with Crippen molar-refractivity contribution in [1.29, 1.82) is 0 Å². The SMILES string of the molecule is Cc1nn(-c2cc(OC(C)C(F)(F)F)c(C(=O)O)cc2F)c(=O)n1C1CC1. The molecule has 0 aliphatic heterocycles. The van der Waals surface area contributed by atoms with E-state index in [1.165, 1.54) is 4.57 Å². The molecule has 2 aromatic rings. The van der Waals surface area contributed by atoms with Gasteiger partial charge in [0.25, 0.3) is 0 Å². The quantitative estimate of drug-likeness (QED) is 0.795. The molecule has 27 heavy (non-hydrogen) atoms. The van der Waals surface area contributed by atoms with E-state index in [2.05, 4.69) is 5.10 Å². The lowest BCUT2D eigenvalue weighted by atomic mass is 10.1.